The number of amides is 1. The molecule has 1 unspecified atom stereocenters. The molecule has 0 spiro atoms. The van der Waals surface area contributed by atoms with Gasteiger partial charge >= 0.3 is 0 Å². The molecule has 2 heterocycles. The van der Waals surface area contributed by atoms with Crippen molar-refractivity contribution < 1.29 is 9.53 Å². The standard InChI is InChI=1S/C11H14ClNO2S/c12-7-9-8-13(3-4-15-9)11(14)6-10-2-1-5-16-10/h1-2,5,9H,3-4,6-8H2. The van der Waals surface area contributed by atoms with Gasteiger partial charge in [-0.1, -0.05) is 6.07 Å². The summed E-state index contributed by atoms with van der Waals surface area (Å²) in [5, 5.41) is 1.99. The Bertz CT molecular complexity index is 342. The first-order chi connectivity index (χ1) is 7.79. The molecule has 1 aromatic heterocycles. The number of carbonyl (C=O) groups is 1. The number of ether oxygens (including phenoxy) is 1. The summed E-state index contributed by atoms with van der Waals surface area (Å²) in [6.07, 6.45) is 0.481. The van der Waals surface area contributed by atoms with Crippen molar-refractivity contribution in [2.75, 3.05) is 25.6 Å². The van der Waals surface area contributed by atoms with Crippen molar-refractivity contribution in [2.24, 2.45) is 0 Å². The van der Waals surface area contributed by atoms with E-state index >= 15 is 0 Å². The predicted octanol–water partition coefficient (Wildman–Crippen LogP) is 1.76. The molecule has 0 aliphatic carbocycles. The molecular formula is C11H14ClNO2S. The van der Waals surface area contributed by atoms with Crippen LogP contribution in [-0.4, -0.2) is 42.5 Å². The average molecular weight is 260 g/mol. The molecule has 1 atom stereocenters. The van der Waals surface area contributed by atoms with Gasteiger partial charge in [-0.2, -0.15) is 0 Å². The quantitative estimate of drug-likeness (QED) is 0.774. The maximum Gasteiger partial charge on any atom is 0.227 e. The van der Waals surface area contributed by atoms with Crippen LogP contribution in [0.15, 0.2) is 17.5 Å². The Morgan fingerprint density at radius 2 is 2.56 bits per heavy atom. The molecule has 0 radical (unpaired) electrons. The van der Waals surface area contributed by atoms with E-state index in [0.29, 0.717) is 32.0 Å². The Morgan fingerprint density at radius 3 is 3.25 bits per heavy atom. The predicted molar refractivity (Wildman–Crippen MR) is 65.1 cm³/mol. The van der Waals surface area contributed by atoms with Gasteiger partial charge in [0.2, 0.25) is 5.91 Å². The lowest BCUT2D eigenvalue weighted by Crippen LogP contribution is -2.46. The molecule has 2 rings (SSSR count). The van der Waals surface area contributed by atoms with Gasteiger partial charge in [0, 0.05) is 18.0 Å². The highest BCUT2D eigenvalue weighted by atomic mass is 35.5. The van der Waals surface area contributed by atoms with Gasteiger partial charge in [0.1, 0.15) is 0 Å². The third-order valence-electron chi connectivity index (χ3n) is 2.57. The molecule has 1 aliphatic rings. The topological polar surface area (TPSA) is 29.5 Å². The minimum Gasteiger partial charge on any atom is -0.373 e. The fourth-order valence-electron chi connectivity index (χ4n) is 1.71. The highest BCUT2D eigenvalue weighted by molar-refractivity contribution is 7.10. The van der Waals surface area contributed by atoms with Crippen LogP contribution < -0.4 is 0 Å². The minimum atomic E-state index is -0.0114. The molecule has 0 aromatic carbocycles. The van der Waals surface area contributed by atoms with Gasteiger partial charge in [-0.3, -0.25) is 4.79 Å². The van der Waals surface area contributed by atoms with Gasteiger partial charge in [-0.15, -0.1) is 22.9 Å². The summed E-state index contributed by atoms with van der Waals surface area (Å²) in [6, 6.07) is 3.95. The van der Waals surface area contributed by atoms with Crippen LogP contribution in [0.5, 0.6) is 0 Å². The van der Waals surface area contributed by atoms with Crippen molar-refractivity contribution in [1.29, 1.82) is 0 Å². The number of hydrogen-bond acceptors (Lipinski definition) is 3. The first-order valence-corrected chi connectivity index (χ1v) is 6.68. The summed E-state index contributed by atoms with van der Waals surface area (Å²) in [4.78, 5) is 14.9. The molecule has 0 N–H and O–H groups in total. The molecule has 1 aromatic rings. The van der Waals surface area contributed by atoms with E-state index in [1.165, 1.54) is 0 Å². The van der Waals surface area contributed by atoms with E-state index in [-0.39, 0.29) is 12.0 Å². The Morgan fingerprint density at radius 1 is 1.69 bits per heavy atom. The number of nitrogens with zero attached hydrogens (tertiary/aromatic N) is 1. The van der Waals surface area contributed by atoms with Crippen LogP contribution in [0.2, 0.25) is 0 Å². The molecule has 0 bridgehead atoms. The summed E-state index contributed by atoms with van der Waals surface area (Å²) in [5.41, 5.74) is 0. The van der Waals surface area contributed by atoms with Gasteiger partial charge in [0.05, 0.1) is 25.0 Å². The number of hydrogen-bond donors (Lipinski definition) is 0. The van der Waals surface area contributed by atoms with Crippen LogP contribution in [-0.2, 0) is 16.0 Å². The lowest BCUT2D eigenvalue weighted by Gasteiger charge is -2.32. The molecule has 1 fully saturated rings. The van der Waals surface area contributed by atoms with Crippen LogP contribution >= 0.6 is 22.9 Å². The summed E-state index contributed by atoms with van der Waals surface area (Å²) >= 11 is 7.35. The fourth-order valence-corrected chi connectivity index (χ4v) is 2.60. The van der Waals surface area contributed by atoms with Crippen LogP contribution in [0.25, 0.3) is 0 Å². The van der Waals surface area contributed by atoms with Crippen molar-refractivity contribution in [1.82, 2.24) is 4.90 Å². The van der Waals surface area contributed by atoms with E-state index in [2.05, 4.69) is 0 Å². The second kappa shape index (κ2) is 5.66. The van der Waals surface area contributed by atoms with E-state index in [0.717, 1.165) is 4.88 Å². The molecule has 0 saturated carbocycles. The molecule has 3 nitrogen and oxygen atoms in total. The number of halogens is 1. The largest absolute Gasteiger partial charge is 0.373 e. The van der Waals surface area contributed by atoms with E-state index in [4.69, 9.17) is 16.3 Å². The molecule has 88 valence electrons. The summed E-state index contributed by atoms with van der Waals surface area (Å²) in [7, 11) is 0. The summed E-state index contributed by atoms with van der Waals surface area (Å²) in [6.45, 7) is 1.89. The van der Waals surface area contributed by atoms with Crippen molar-refractivity contribution in [3.63, 3.8) is 0 Å². The Kier molecular flexibility index (Phi) is 4.21. The van der Waals surface area contributed by atoms with Crippen LogP contribution in [0, 0.1) is 0 Å². The maximum absolute atomic E-state index is 12.0. The van der Waals surface area contributed by atoms with Gasteiger partial charge in [-0.25, -0.2) is 0 Å². The zero-order valence-electron chi connectivity index (χ0n) is 8.89. The van der Waals surface area contributed by atoms with E-state index in [9.17, 15) is 4.79 Å². The molecular weight excluding hydrogens is 246 g/mol. The van der Waals surface area contributed by atoms with Crippen LogP contribution in [0.1, 0.15) is 4.88 Å². The number of alkyl halides is 1. The summed E-state index contributed by atoms with van der Waals surface area (Å²) < 4.78 is 5.42. The minimum absolute atomic E-state index is 0.0114. The van der Waals surface area contributed by atoms with Crippen molar-refractivity contribution in [2.45, 2.75) is 12.5 Å². The first-order valence-electron chi connectivity index (χ1n) is 5.27. The van der Waals surface area contributed by atoms with E-state index in [1.54, 1.807) is 11.3 Å². The zero-order valence-corrected chi connectivity index (χ0v) is 10.5. The Hall–Kier alpha value is -0.580. The zero-order chi connectivity index (χ0) is 11.4. The lowest BCUT2D eigenvalue weighted by molar-refractivity contribution is -0.137. The highest BCUT2D eigenvalue weighted by Crippen LogP contribution is 2.13. The monoisotopic (exact) mass is 259 g/mol. The molecule has 5 heteroatoms. The second-order valence-corrected chi connectivity index (χ2v) is 5.08. The van der Waals surface area contributed by atoms with Gasteiger partial charge in [0.25, 0.3) is 0 Å². The van der Waals surface area contributed by atoms with Crippen LogP contribution in [0.3, 0.4) is 0 Å². The van der Waals surface area contributed by atoms with Gasteiger partial charge < -0.3 is 9.64 Å². The van der Waals surface area contributed by atoms with Crippen molar-refractivity contribution in [3.05, 3.63) is 22.4 Å². The third-order valence-corrected chi connectivity index (χ3v) is 3.79. The smallest absolute Gasteiger partial charge is 0.227 e. The normalized spacial score (nSPS) is 21.1. The van der Waals surface area contributed by atoms with Gasteiger partial charge in [-0.05, 0) is 11.4 Å². The Balaban J connectivity index is 1.89. The SMILES string of the molecule is O=C(Cc1cccs1)N1CCOC(CCl)C1. The third kappa shape index (κ3) is 2.97. The number of morpholine rings is 1. The summed E-state index contributed by atoms with van der Waals surface area (Å²) in [5.74, 6) is 0.615. The highest BCUT2D eigenvalue weighted by Gasteiger charge is 2.23. The molecule has 1 saturated heterocycles. The van der Waals surface area contributed by atoms with Crippen LogP contribution in [0.4, 0.5) is 0 Å². The van der Waals surface area contributed by atoms with E-state index in [1.807, 2.05) is 22.4 Å². The number of carbonyl (C=O) groups excluding carboxylic acids is 1. The van der Waals surface area contributed by atoms with Crippen molar-refractivity contribution >= 4 is 28.8 Å². The van der Waals surface area contributed by atoms with E-state index < -0.39 is 0 Å². The molecule has 1 amide bonds. The fraction of sp³-hybridized carbons (Fsp3) is 0.545. The molecule has 16 heavy (non-hydrogen) atoms. The van der Waals surface area contributed by atoms with Gasteiger partial charge in [0.15, 0.2) is 0 Å². The average Bonchev–Trinajstić information content (AvgIpc) is 2.82. The first kappa shape index (κ1) is 11.9. The lowest BCUT2D eigenvalue weighted by atomic mass is 10.2. The maximum atomic E-state index is 12.0. The number of thiophene rings is 1. The Labute approximate surface area is 104 Å². The van der Waals surface area contributed by atoms with Crippen molar-refractivity contribution in [3.8, 4) is 0 Å². The second-order valence-electron chi connectivity index (χ2n) is 3.74. The number of rotatable bonds is 3. The molecule has 1 aliphatic heterocycles.